The summed E-state index contributed by atoms with van der Waals surface area (Å²) in [5.41, 5.74) is 1.67. The summed E-state index contributed by atoms with van der Waals surface area (Å²) in [4.78, 5) is 50.7. The van der Waals surface area contributed by atoms with E-state index >= 15 is 0 Å². The number of amides is 2. The molecule has 2 aliphatic carbocycles. The molecule has 4 rings (SSSR count). The lowest BCUT2D eigenvalue weighted by Crippen LogP contribution is -2.37. The van der Waals surface area contributed by atoms with Crippen molar-refractivity contribution >= 4 is 23.8 Å². The molecule has 8 heteroatoms. The van der Waals surface area contributed by atoms with Gasteiger partial charge < -0.3 is 20.1 Å². The highest BCUT2D eigenvalue weighted by molar-refractivity contribution is 5.91. The molecule has 0 spiro atoms. The van der Waals surface area contributed by atoms with Crippen molar-refractivity contribution in [2.75, 3.05) is 13.2 Å². The highest BCUT2D eigenvalue weighted by atomic mass is 16.5. The molecular weight excluding hydrogens is 532 g/mol. The predicted octanol–water partition coefficient (Wildman–Crippen LogP) is 5.50. The minimum absolute atomic E-state index is 0.0255. The van der Waals surface area contributed by atoms with Crippen molar-refractivity contribution in [3.05, 3.63) is 83.9 Å². The molecule has 0 radical (unpaired) electrons. The Morgan fingerprint density at radius 3 is 1.31 bits per heavy atom. The number of nitrogens with one attached hydrogen (secondary N) is 2. The van der Waals surface area contributed by atoms with E-state index < -0.39 is 24.0 Å². The second-order valence-electron chi connectivity index (χ2n) is 11.2. The van der Waals surface area contributed by atoms with Gasteiger partial charge in [0.1, 0.15) is 13.2 Å². The molecule has 2 aromatic carbocycles. The van der Waals surface area contributed by atoms with Crippen LogP contribution in [-0.2, 0) is 28.7 Å². The standard InChI is InChI=1S/C34H42N2O6/c37-31(41-23-29(25-13-5-1-6-14-25)35-33(39)27-17-9-3-10-18-27)21-22-32(38)42-24-30(26-15-7-2-8-16-26)36-34(40)28-19-11-4-12-20-28/h1-2,5-8,13-16,21-22,27-30H,3-4,9-12,17-20,23-24H2,(H,35,39)(H,36,40)/b22-21+/t29-,30?/m1/s1. The summed E-state index contributed by atoms with van der Waals surface area (Å²) in [5.74, 6) is -1.54. The first-order valence-electron chi connectivity index (χ1n) is 15.2. The molecule has 2 aliphatic rings. The first kappa shape index (κ1) is 31.0. The van der Waals surface area contributed by atoms with Crippen molar-refractivity contribution in [2.45, 2.75) is 76.3 Å². The zero-order valence-corrected chi connectivity index (χ0v) is 24.2. The van der Waals surface area contributed by atoms with Gasteiger partial charge in [-0.3, -0.25) is 9.59 Å². The first-order valence-corrected chi connectivity index (χ1v) is 15.2. The Morgan fingerprint density at radius 2 is 0.952 bits per heavy atom. The van der Waals surface area contributed by atoms with E-state index in [1.165, 1.54) is 0 Å². The average Bonchev–Trinajstić information content (AvgIpc) is 3.05. The van der Waals surface area contributed by atoms with Gasteiger partial charge in [0.05, 0.1) is 12.1 Å². The van der Waals surface area contributed by atoms with Crippen LogP contribution < -0.4 is 10.6 Å². The van der Waals surface area contributed by atoms with Crippen LogP contribution in [0.2, 0.25) is 0 Å². The lowest BCUT2D eigenvalue weighted by atomic mass is 9.88. The molecule has 2 N–H and O–H groups in total. The van der Waals surface area contributed by atoms with Crippen molar-refractivity contribution < 1.29 is 28.7 Å². The summed E-state index contributed by atoms with van der Waals surface area (Å²) >= 11 is 0. The highest BCUT2D eigenvalue weighted by Crippen LogP contribution is 2.26. The molecule has 1 unspecified atom stereocenters. The molecule has 0 saturated heterocycles. The SMILES string of the molecule is O=C(/C=C/C(=O)OC[C@@H](NC(=O)C1CCCCC1)c1ccccc1)OCC(NC(=O)C1CCCCC1)c1ccccc1. The topological polar surface area (TPSA) is 111 Å². The number of carbonyl (C=O) groups is 4. The summed E-state index contributed by atoms with van der Waals surface area (Å²) in [7, 11) is 0. The van der Waals surface area contributed by atoms with Crippen LogP contribution in [0.1, 0.15) is 87.4 Å². The fourth-order valence-electron chi connectivity index (χ4n) is 5.69. The van der Waals surface area contributed by atoms with Crippen molar-refractivity contribution in [3.8, 4) is 0 Å². The van der Waals surface area contributed by atoms with Crippen molar-refractivity contribution in [3.63, 3.8) is 0 Å². The number of benzene rings is 2. The van der Waals surface area contributed by atoms with Gasteiger partial charge in [-0.2, -0.15) is 0 Å². The summed E-state index contributed by atoms with van der Waals surface area (Å²) < 4.78 is 10.8. The van der Waals surface area contributed by atoms with Gasteiger partial charge in [0.25, 0.3) is 0 Å². The quantitative estimate of drug-likeness (QED) is 0.256. The number of esters is 2. The van der Waals surface area contributed by atoms with Gasteiger partial charge in [-0.15, -0.1) is 0 Å². The van der Waals surface area contributed by atoms with Crippen molar-refractivity contribution in [2.24, 2.45) is 11.8 Å². The van der Waals surface area contributed by atoms with Gasteiger partial charge in [-0.1, -0.05) is 99.2 Å². The van der Waals surface area contributed by atoms with Crippen molar-refractivity contribution in [1.29, 1.82) is 0 Å². The molecule has 224 valence electrons. The molecule has 2 aromatic rings. The van der Waals surface area contributed by atoms with E-state index in [9.17, 15) is 19.2 Å². The van der Waals surface area contributed by atoms with Gasteiger partial charge in [0.2, 0.25) is 11.8 Å². The molecule has 2 fully saturated rings. The lowest BCUT2D eigenvalue weighted by Gasteiger charge is -2.25. The molecule has 2 saturated carbocycles. The summed E-state index contributed by atoms with van der Waals surface area (Å²) in [6, 6.07) is 17.8. The maximum atomic E-state index is 12.9. The Bertz CT molecular complexity index is 1090. The molecule has 2 atom stereocenters. The smallest absolute Gasteiger partial charge is 0.331 e. The minimum Gasteiger partial charge on any atom is -0.460 e. The van der Waals surface area contributed by atoms with E-state index in [1.54, 1.807) is 0 Å². The van der Waals surface area contributed by atoms with Gasteiger partial charge in [-0.25, -0.2) is 9.59 Å². The van der Waals surface area contributed by atoms with Crippen LogP contribution in [0, 0.1) is 11.8 Å². The second-order valence-corrected chi connectivity index (χ2v) is 11.2. The predicted molar refractivity (Wildman–Crippen MR) is 159 cm³/mol. The summed E-state index contributed by atoms with van der Waals surface area (Å²) in [5, 5.41) is 6.09. The van der Waals surface area contributed by atoms with Crippen LogP contribution >= 0.6 is 0 Å². The number of ether oxygens (including phenoxy) is 2. The molecule has 42 heavy (non-hydrogen) atoms. The Kier molecular flexibility index (Phi) is 12.2. The van der Waals surface area contributed by atoms with Crippen LogP contribution in [-0.4, -0.2) is 37.0 Å². The van der Waals surface area contributed by atoms with E-state index in [0.717, 1.165) is 87.5 Å². The Balaban J connectivity index is 1.28. The van der Waals surface area contributed by atoms with E-state index in [1.807, 2.05) is 60.7 Å². The number of rotatable bonds is 12. The van der Waals surface area contributed by atoms with Crippen molar-refractivity contribution in [1.82, 2.24) is 10.6 Å². The first-order chi connectivity index (χ1) is 20.5. The van der Waals surface area contributed by atoms with Crippen LogP contribution in [0.4, 0.5) is 0 Å². The van der Waals surface area contributed by atoms with Crippen LogP contribution in [0.15, 0.2) is 72.8 Å². The van der Waals surface area contributed by atoms with Crippen LogP contribution in [0.3, 0.4) is 0 Å². The second kappa shape index (κ2) is 16.5. The Hall–Kier alpha value is -3.94. The maximum Gasteiger partial charge on any atom is 0.331 e. The third kappa shape index (κ3) is 9.86. The zero-order chi connectivity index (χ0) is 29.6. The van der Waals surface area contributed by atoms with Gasteiger partial charge in [-0.05, 0) is 36.8 Å². The zero-order valence-electron chi connectivity index (χ0n) is 24.2. The summed E-state index contributed by atoms with van der Waals surface area (Å²) in [6.45, 7) is -0.131. The average molecular weight is 575 g/mol. The molecular formula is C34H42N2O6. The van der Waals surface area contributed by atoms with E-state index in [4.69, 9.17) is 9.47 Å². The Morgan fingerprint density at radius 1 is 0.595 bits per heavy atom. The molecule has 2 amide bonds. The lowest BCUT2D eigenvalue weighted by molar-refractivity contribution is -0.142. The van der Waals surface area contributed by atoms with E-state index in [-0.39, 0.29) is 36.9 Å². The highest BCUT2D eigenvalue weighted by Gasteiger charge is 2.26. The van der Waals surface area contributed by atoms with Crippen LogP contribution in [0.5, 0.6) is 0 Å². The van der Waals surface area contributed by atoms with Gasteiger partial charge in [0.15, 0.2) is 0 Å². The molecule has 0 heterocycles. The van der Waals surface area contributed by atoms with E-state index in [0.29, 0.717) is 0 Å². The third-order valence-corrected chi connectivity index (χ3v) is 8.13. The fourth-order valence-corrected chi connectivity index (χ4v) is 5.69. The largest absolute Gasteiger partial charge is 0.460 e. The maximum absolute atomic E-state index is 12.9. The number of hydrogen-bond donors (Lipinski definition) is 2. The minimum atomic E-state index is -0.718. The van der Waals surface area contributed by atoms with Crippen LogP contribution in [0.25, 0.3) is 0 Å². The van der Waals surface area contributed by atoms with Gasteiger partial charge in [0, 0.05) is 24.0 Å². The molecule has 0 aromatic heterocycles. The monoisotopic (exact) mass is 574 g/mol. The number of carbonyl (C=O) groups excluding carboxylic acids is 4. The van der Waals surface area contributed by atoms with E-state index in [2.05, 4.69) is 10.6 Å². The molecule has 0 aliphatic heterocycles. The molecule has 8 nitrogen and oxygen atoms in total. The van der Waals surface area contributed by atoms with Gasteiger partial charge >= 0.3 is 11.9 Å². The fraction of sp³-hybridized carbons (Fsp3) is 0.471. The Labute approximate surface area is 248 Å². The third-order valence-electron chi connectivity index (χ3n) is 8.13. The normalized spacial score (nSPS) is 17.6. The summed E-state index contributed by atoms with van der Waals surface area (Å²) in [6.07, 6.45) is 12.0. The molecule has 0 bridgehead atoms. The number of hydrogen-bond acceptors (Lipinski definition) is 6.